The van der Waals surface area contributed by atoms with Gasteiger partial charge in [0, 0.05) is 24.5 Å². The van der Waals surface area contributed by atoms with E-state index in [1.54, 1.807) is 0 Å². The van der Waals surface area contributed by atoms with Gasteiger partial charge in [0.15, 0.2) is 0 Å². The molecule has 0 saturated carbocycles. The number of hydrogen-bond acceptors (Lipinski definition) is 1. The first-order valence-electron chi connectivity index (χ1n) is 4.06. The van der Waals surface area contributed by atoms with Gasteiger partial charge >= 0.3 is 0 Å². The molecule has 1 unspecified atom stereocenters. The molecule has 2 heterocycles. The second-order valence-electron chi connectivity index (χ2n) is 2.75. The molecule has 1 aromatic rings. The molecule has 0 fully saturated rings. The Morgan fingerprint density at radius 3 is 2.67 bits per heavy atom. The van der Waals surface area contributed by atoms with E-state index in [0.717, 1.165) is 6.54 Å². The number of nitrogens with zero attached hydrogens (tertiary/aromatic N) is 1. The van der Waals surface area contributed by atoms with E-state index in [1.165, 1.54) is 10.6 Å². The van der Waals surface area contributed by atoms with Crippen LogP contribution in [0.3, 0.4) is 0 Å². The molecule has 1 N–H and O–H groups in total. The van der Waals surface area contributed by atoms with Gasteiger partial charge in [-0.25, -0.2) is 0 Å². The summed E-state index contributed by atoms with van der Waals surface area (Å²) in [4.78, 5) is 5.35. The van der Waals surface area contributed by atoms with E-state index >= 15 is 0 Å². The Balaban J connectivity index is 2.21. The van der Waals surface area contributed by atoms with E-state index in [2.05, 4.69) is 29.4 Å². The van der Waals surface area contributed by atoms with Crippen molar-refractivity contribution in [1.29, 1.82) is 0 Å². The maximum absolute atomic E-state index is 3.98. The van der Waals surface area contributed by atoms with Crippen LogP contribution in [0.2, 0.25) is 0 Å². The molecule has 2 rings (SSSR count). The lowest BCUT2D eigenvalue weighted by molar-refractivity contribution is -0.768. The highest BCUT2D eigenvalue weighted by Crippen LogP contribution is 1.97. The van der Waals surface area contributed by atoms with Crippen LogP contribution in [0, 0.1) is 0 Å². The molecule has 0 aromatic carbocycles. The van der Waals surface area contributed by atoms with Crippen molar-refractivity contribution >= 4 is 5.69 Å². The van der Waals surface area contributed by atoms with Crippen molar-refractivity contribution in [3.05, 3.63) is 49.0 Å². The third-order valence-electron chi connectivity index (χ3n) is 1.93. The van der Waals surface area contributed by atoms with Crippen LogP contribution in [0.4, 0.5) is 5.69 Å². The molecule has 1 atom stereocenters. The van der Waals surface area contributed by atoms with Crippen LogP contribution >= 0.6 is 0 Å². The summed E-state index contributed by atoms with van der Waals surface area (Å²) >= 11 is 0. The minimum Gasteiger partial charge on any atom is -0.273 e. The van der Waals surface area contributed by atoms with Crippen molar-refractivity contribution in [1.82, 2.24) is 4.98 Å². The normalized spacial score (nSPS) is 21.2. The Kier molecular flexibility index (Phi) is 2.01. The topological polar surface area (TPSA) is 17.3 Å². The third-order valence-corrected chi connectivity index (χ3v) is 1.93. The van der Waals surface area contributed by atoms with Gasteiger partial charge in [-0.1, -0.05) is 6.08 Å². The summed E-state index contributed by atoms with van der Waals surface area (Å²) in [6.45, 7) is 1.03. The third kappa shape index (κ3) is 1.43. The largest absolute Gasteiger partial charge is 0.273 e. The number of rotatable bonds is 1. The predicted octanol–water partition coefficient (Wildman–Crippen LogP) is 0.681. The zero-order valence-corrected chi connectivity index (χ0v) is 6.77. The van der Waals surface area contributed by atoms with E-state index in [1.807, 2.05) is 24.5 Å². The lowest BCUT2D eigenvalue weighted by Gasteiger charge is -2.13. The van der Waals surface area contributed by atoms with Crippen molar-refractivity contribution in [3.8, 4) is 0 Å². The lowest BCUT2D eigenvalue weighted by Crippen LogP contribution is -3.02. The maximum Gasteiger partial charge on any atom is 0.139 e. The first-order valence-corrected chi connectivity index (χ1v) is 4.06. The van der Waals surface area contributed by atoms with Crippen LogP contribution < -0.4 is 4.90 Å². The summed E-state index contributed by atoms with van der Waals surface area (Å²) in [5.41, 5.74) is 1.27. The van der Waals surface area contributed by atoms with Crippen molar-refractivity contribution in [2.45, 2.75) is 0 Å². The fraction of sp³-hybridized carbons (Fsp3) is 0.100. The highest BCUT2D eigenvalue weighted by Gasteiger charge is 2.07. The molecule has 0 radical (unpaired) electrons. The Bertz CT molecular complexity index is 301. The van der Waals surface area contributed by atoms with Gasteiger partial charge in [-0.05, 0) is 12.2 Å². The maximum atomic E-state index is 3.98. The molecule has 1 aromatic heterocycles. The van der Waals surface area contributed by atoms with Crippen LogP contribution in [-0.2, 0) is 0 Å². The second kappa shape index (κ2) is 3.32. The Hall–Kier alpha value is -1.41. The van der Waals surface area contributed by atoms with Crippen molar-refractivity contribution in [2.75, 3.05) is 6.54 Å². The first-order chi connectivity index (χ1) is 5.97. The van der Waals surface area contributed by atoms with Crippen LogP contribution in [0.15, 0.2) is 49.0 Å². The molecule has 0 aliphatic carbocycles. The SMILES string of the molecule is C1=CC[NH+](c2ccncc2)C=C1. The van der Waals surface area contributed by atoms with Gasteiger partial charge in [-0.2, -0.15) is 0 Å². The summed E-state index contributed by atoms with van der Waals surface area (Å²) < 4.78 is 0. The Labute approximate surface area is 71.9 Å². The smallest absolute Gasteiger partial charge is 0.139 e. The first kappa shape index (κ1) is 7.25. The average Bonchev–Trinajstić information content (AvgIpc) is 2.21. The van der Waals surface area contributed by atoms with Crippen molar-refractivity contribution in [3.63, 3.8) is 0 Å². The van der Waals surface area contributed by atoms with Crippen LogP contribution in [0.5, 0.6) is 0 Å². The molecule has 1 aliphatic heterocycles. The highest BCUT2D eigenvalue weighted by atomic mass is 15.1. The van der Waals surface area contributed by atoms with E-state index < -0.39 is 0 Å². The molecule has 12 heavy (non-hydrogen) atoms. The van der Waals surface area contributed by atoms with Crippen LogP contribution in [-0.4, -0.2) is 11.5 Å². The van der Waals surface area contributed by atoms with Gasteiger partial charge in [-0.15, -0.1) is 0 Å². The Morgan fingerprint density at radius 2 is 2.00 bits per heavy atom. The molecule has 2 heteroatoms. The molecular weight excluding hydrogens is 148 g/mol. The zero-order valence-electron chi connectivity index (χ0n) is 6.77. The summed E-state index contributed by atoms with van der Waals surface area (Å²) in [6.07, 6.45) is 12.1. The monoisotopic (exact) mass is 159 g/mol. The molecule has 0 saturated heterocycles. The molecule has 2 nitrogen and oxygen atoms in total. The lowest BCUT2D eigenvalue weighted by atomic mass is 10.3. The Morgan fingerprint density at radius 1 is 1.17 bits per heavy atom. The number of aromatic nitrogens is 1. The minimum absolute atomic E-state index is 1.03. The summed E-state index contributed by atoms with van der Waals surface area (Å²) in [6, 6.07) is 4.08. The zero-order chi connectivity index (χ0) is 8.23. The number of quaternary nitrogens is 1. The number of pyridine rings is 1. The van der Waals surface area contributed by atoms with Crippen molar-refractivity contribution < 1.29 is 4.90 Å². The van der Waals surface area contributed by atoms with E-state index in [0.29, 0.717) is 0 Å². The van der Waals surface area contributed by atoms with Gasteiger partial charge in [0.1, 0.15) is 12.2 Å². The summed E-state index contributed by atoms with van der Waals surface area (Å²) in [5, 5.41) is 0. The van der Waals surface area contributed by atoms with E-state index in [4.69, 9.17) is 0 Å². The number of allylic oxidation sites excluding steroid dienone is 2. The quantitative estimate of drug-likeness (QED) is 0.638. The molecular formula is C10H11N2+. The fourth-order valence-corrected chi connectivity index (χ4v) is 1.29. The molecule has 0 amide bonds. The number of nitrogens with one attached hydrogen (secondary N) is 1. The highest BCUT2D eigenvalue weighted by molar-refractivity contribution is 5.26. The molecule has 0 spiro atoms. The van der Waals surface area contributed by atoms with Gasteiger partial charge in [0.25, 0.3) is 0 Å². The van der Waals surface area contributed by atoms with Crippen LogP contribution in [0.1, 0.15) is 0 Å². The molecule has 60 valence electrons. The van der Waals surface area contributed by atoms with E-state index in [-0.39, 0.29) is 0 Å². The standard InChI is InChI=1S/C10H10N2/c1-2-8-12(9-3-1)10-4-6-11-7-5-10/h1-8H,9H2/p+1. The fourth-order valence-electron chi connectivity index (χ4n) is 1.29. The van der Waals surface area contributed by atoms with Gasteiger partial charge in [0.05, 0.1) is 6.20 Å². The number of hydrogen-bond donors (Lipinski definition) is 1. The minimum atomic E-state index is 1.03. The van der Waals surface area contributed by atoms with Crippen LogP contribution in [0.25, 0.3) is 0 Å². The summed E-state index contributed by atoms with van der Waals surface area (Å²) in [5.74, 6) is 0. The summed E-state index contributed by atoms with van der Waals surface area (Å²) in [7, 11) is 0. The van der Waals surface area contributed by atoms with Gasteiger partial charge < -0.3 is 0 Å². The molecule has 0 bridgehead atoms. The van der Waals surface area contributed by atoms with Gasteiger partial charge in [-0.3, -0.25) is 9.88 Å². The average molecular weight is 159 g/mol. The predicted molar refractivity (Wildman–Crippen MR) is 48.0 cm³/mol. The molecule has 1 aliphatic rings. The second-order valence-corrected chi connectivity index (χ2v) is 2.75. The van der Waals surface area contributed by atoms with E-state index in [9.17, 15) is 0 Å². The van der Waals surface area contributed by atoms with Gasteiger partial charge in [0.2, 0.25) is 0 Å². The van der Waals surface area contributed by atoms with Crippen molar-refractivity contribution in [2.24, 2.45) is 0 Å².